The van der Waals surface area contributed by atoms with Gasteiger partial charge in [-0.15, -0.1) is 11.3 Å². The van der Waals surface area contributed by atoms with Crippen LogP contribution in [0.2, 0.25) is 0 Å². The number of hydrogen-bond donors (Lipinski definition) is 1. The van der Waals surface area contributed by atoms with E-state index >= 15 is 0 Å². The van der Waals surface area contributed by atoms with Gasteiger partial charge >= 0.3 is 0 Å². The maximum absolute atomic E-state index is 4.88. The van der Waals surface area contributed by atoms with Gasteiger partial charge in [0.25, 0.3) is 0 Å². The summed E-state index contributed by atoms with van der Waals surface area (Å²) in [6, 6.07) is 0.506. The second-order valence-corrected chi connectivity index (χ2v) is 7.54. The Kier molecular flexibility index (Phi) is 5.81. The highest BCUT2D eigenvalue weighted by Crippen LogP contribution is 2.33. The normalized spacial score (nSPS) is 12.2. The molecule has 1 aromatic heterocycles. The van der Waals surface area contributed by atoms with Crippen LogP contribution in [0.15, 0.2) is 0 Å². The summed E-state index contributed by atoms with van der Waals surface area (Å²) in [5.41, 5.74) is 1.35. The highest BCUT2D eigenvalue weighted by molar-refractivity contribution is 7.15. The van der Waals surface area contributed by atoms with Crippen molar-refractivity contribution >= 4 is 16.5 Å². The van der Waals surface area contributed by atoms with Crippen molar-refractivity contribution in [1.82, 2.24) is 10.3 Å². The fourth-order valence-corrected chi connectivity index (χ4v) is 3.14. The molecule has 1 N–H and O–H groups in total. The number of anilines is 1. The van der Waals surface area contributed by atoms with E-state index in [0.29, 0.717) is 6.04 Å². The number of aromatic nitrogens is 1. The first-order valence-corrected chi connectivity index (χ1v) is 8.02. The number of nitrogens with one attached hydrogen (secondary N) is 1. The summed E-state index contributed by atoms with van der Waals surface area (Å²) in [7, 11) is 2.13. The standard InChI is InChI=1S/C15H29N3S/c1-8-9-18(7)14-17-13(15(4,5)6)12(19-14)10-16-11(2)3/h11,16H,8-10H2,1-7H3. The van der Waals surface area contributed by atoms with Crippen LogP contribution in [0.1, 0.15) is 58.5 Å². The monoisotopic (exact) mass is 283 g/mol. The Labute approximate surface area is 122 Å². The van der Waals surface area contributed by atoms with E-state index in [2.05, 4.69) is 58.8 Å². The van der Waals surface area contributed by atoms with Crippen molar-refractivity contribution in [1.29, 1.82) is 0 Å². The number of thiazole rings is 1. The minimum Gasteiger partial charge on any atom is -0.351 e. The molecule has 0 bridgehead atoms. The van der Waals surface area contributed by atoms with E-state index in [4.69, 9.17) is 4.98 Å². The van der Waals surface area contributed by atoms with Crippen molar-refractivity contribution in [2.45, 2.75) is 66.0 Å². The van der Waals surface area contributed by atoms with Crippen LogP contribution >= 0.6 is 11.3 Å². The van der Waals surface area contributed by atoms with Crippen LogP contribution in [0.3, 0.4) is 0 Å². The van der Waals surface area contributed by atoms with Gasteiger partial charge in [0, 0.05) is 36.5 Å². The molecule has 0 aliphatic heterocycles. The number of hydrogen-bond acceptors (Lipinski definition) is 4. The first-order chi connectivity index (χ1) is 8.75. The second kappa shape index (κ2) is 6.71. The maximum Gasteiger partial charge on any atom is 0.185 e. The molecule has 0 spiro atoms. The molecule has 0 saturated carbocycles. The van der Waals surface area contributed by atoms with Crippen LogP contribution in [0.25, 0.3) is 0 Å². The summed E-state index contributed by atoms with van der Waals surface area (Å²) < 4.78 is 0. The van der Waals surface area contributed by atoms with Gasteiger partial charge in [-0.3, -0.25) is 0 Å². The molecule has 1 aromatic rings. The van der Waals surface area contributed by atoms with Gasteiger partial charge in [0.2, 0.25) is 0 Å². The lowest BCUT2D eigenvalue weighted by atomic mass is 9.91. The Morgan fingerprint density at radius 3 is 2.42 bits per heavy atom. The fraction of sp³-hybridized carbons (Fsp3) is 0.800. The van der Waals surface area contributed by atoms with Crippen molar-refractivity contribution in [2.24, 2.45) is 0 Å². The number of rotatable bonds is 6. The predicted octanol–water partition coefficient (Wildman–Crippen LogP) is 3.78. The molecule has 1 rings (SSSR count). The summed E-state index contributed by atoms with van der Waals surface area (Å²) in [4.78, 5) is 8.52. The molecular weight excluding hydrogens is 254 g/mol. The van der Waals surface area contributed by atoms with Crippen molar-refractivity contribution < 1.29 is 0 Å². The van der Waals surface area contributed by atoms with Crippen LogP contribution in [0.5, 0.6) is 0 Å². The van der Waals surface area contributed by atoms with Gasteiger partial charge < -0.3 is 10.2 Å². The first-order valence-electron chi connectivity index (χ1n) is 7.20. The molecule has 0 aromatic carbocycles. The highest BCUT2D eigenvalue weighted by atomic mass is 32.1. The smallest absolute Gasteiger partial charge is 0.185 e. The number of nitrogens with zero attached hydrogens (tertiary/aromatic N) is 2. The summed E-state index contributed by atoms with van der Waals surface area (Å²) in [6.45, 7) is 15.3. The van der Waals surface area contributed by atoms with Gasteiger partial charge in [0.1, 0.15) is 0 Å². The van der Waals surface area contributed by atoms with Crippen LogP contribution in [-0.2, 0) is 12.0 Å². The Hall–Kier alpha value is -0.610. The molecule has 3 nitrogen and oxygen atoms in total. The Balaban J connectivity index is 2.99. The van der Waals surface area contributed by atoms with Crippen molar-refractivity contribution in [2.75, 3.05) is 18.5 Å². The third-order valence-corrected chi connectivity index (χ3v) is 4.12. The topological polar surface area (TPSA) is 28.2 Å². The summed E-state index contributed by atoms with van der Waals surface area (Å²) in [5, 5.41) is 4.66. The minimum absolute atomic E-state index is 0.107. The fourth-order valence-electron chi connectivity index (χ4n) is 1.94. The molecule has 0 radical (unpaired) electrons. The molecule has 0 unspecified atom stereocenters. The quantitative estimate of drug-likeness (QED) is 0.861. The Morgan fingerprint density at radius 1 is 1.32 bits per heavy atom. The van der Waals surface area contributed by atoms with Crippen LogP contribution in [0.4, 0.5) is 5.13 Å². The molecule has 0 aliphatic carbocycles. The average molecular weight is 283 g/mol. The van der Waals surface area contributed by atoms with Gasteiger partial charge in [-0.25, -0.2) is 4.98 Å². The maximum atomic E-state index is 4.88. The molecule has 1 heterocycles. The SMILES string of the molecule is CCCN(C)c1nc(C(C)(C)C)c(CNC(C)C)s1. The highest BCUT2D eigenvalue weighted by Gasteiger charge is 2.24. The first kappa shape index (κ1) is 16.4. The summed E-state index contributed by atoms with van der Waals surface area (Å²) in [5.74, 6) is 0. The van der Waals surface area contributed by atoms with E-state index in [-0.39, 0.29) is 5.41 Å². The van der Waals surface area contributed by atoms with E-state index in [0.717, 1.165) is 24.6 Å². The molecule has 0 atom stereocenters. The zero-order valence-corrected chi connectivity index (χ0v) is 14.3. The van der Waals surface area contributed by atoms with Gasteiger partial charge in [0.05, 0.1) is 5.69 Å². The van der Waals surface area contributed by atoms with Crippen LogP contribution in [0, 0.1) is 0 Å². The second-order valence-electron chi connectivity index (χ2n) is 6.48. The Bertz CT molecular complexity index is 391. The molecule has 19 heavy (non-hydrogen) atoms. The lowest BCUT2D eigenvalue weighted by Gasteiger charge is -2.18. The molecule has 4 heteroatoms. The molecule has 0 aliphatic rings. The third-order valence-electron chi connectivity index (χ3n) is 2.95. The van der Waals surface area contributed by atoms with Crippen molar-refractivity contribution in [3.05, 3.63) is 10.6 Å². The van der Waals surface area contributed by atoms with Gasteiger partial charge in [-0.1, -0.05) is 41.5 Å². The average Bonchev–Trinajstić information content (AvgIpc) is 2.70. The van der Waals surface area contributed by atoms with Crippen LogP contribution in [-0.4, -0.2) is 24.6 Å². The lowest BCUT2D eigenvalue weighted by molar-refractivity contribution is 0.546. The minimum atomic E-state index is 0.107. The van der Waals surface area contributed by atoms with E-state index in [1.54, 1.807) is 0 Å². The Morgan fingerprint density at radius 2 is 1.95 bits per heavy atom. The molecule has 0 amide bonds. The third kappa shape index (κ3) is 4.77. The van der Waals surface area contributed by atoms with Crippen LogP contribution < -0.4 is 10.2 Å². The van der Waals surface area contributed by atoms with E-state index in [1.165, 1.54) is 10.6 Å². The van der Waals surface area contributed by atoms with E-state index in [1.807, 2.05) is 11.3 Å². The zero-order chi connectivity index (χ0) is 14.6. The predicted molar refractivity (Wildman–Crippen MR) is 86.4 cm³/mol. The molecule has 0 saturated heterocycles. The molecule has 110 valence electrons. The van der Waals surface area contributed by atoms with Gasteiger partial charge in [0.15, 0.2) is 5.13 Å². The lowest BCUT2D eigenvalue weighted by Crippen LogP contribution is -2.24. The summed E-state index contributed by atoms with van der Waals surface area (Å²) in [6.07, 6.45) is 1.15. The van der Waals surface area contributed by atoms with Crippen molar-refractivity contribution in [3.63, 3.8) is 0 Å². The van der Waals surface area contributed by atoms with Gasteiger partial charge in [-0.05, 0) is 6.42 Å². The van der Waals surface area contributed by atoms with Crippen molar-refractivity contribution in [3.8, 4) is 0 Å². The largest absolute Gasteiger partial charge is 0.351 e. The summed E-state index contributed by atoms with van der Waals surface area (Å²) >= 11 is 1.83. The van der Waals surface area contributed by atoms with E-state index < -0.39 is 0 Å². The van der Waals surface area contributed by atoms with Gasteiger partial charge in [-0.2, -0.15) is 0 Å². The van der Waals surface area contributed by atoms with E-state index in [9.17, 15) is 0 Å². The molecule has 0 fully saturated rings. The zero-order valence-electron chi connectivity index (χ0n) is 13.5. The molecular formula is C15H29N3S.